The standard InChI is InChI=1S/C21H24N2O5/c1-4-6-15-8-10-18(20(11-15)26-3)28-14-21(25)23-22-13-16-7-9-17(24)19(12-16)27-5-2/h4,7-13,24H,1,5-6,14H2,2-3H3,(H,23,25). The second kappa shape index (κ2) is 10.6. The van der Waals surface area contributed by atoms with E-state index in [0.29, 0.717) is 35.8 Å². The molecule has 2 N–H and O–H groups in total. The van der Waals surface area contributed by atoms with Crippen molar-refractivity contribution in [3.8, 4) is 23.0 Å². The van der Waals surface area contributed by atoms with Gasteiger partial charge in [-0.05, 0) is 54.8 Å². The Morgan fingerprint density at radius 2 is 2.00 bits per heavy atom. The fourth-order valence-corrected chi connectivity index (χ4v) is 2.36. The van der Waals surface area contributed by atoms with Gasteiger partial charge in [-0.1, -0.05) is 12.1 Å². The zero-order valence-electron chi connectivity index (χ0n) is 16.0. The molecule has 2 aromatic carbocycles. The Kier molecular flexibility index (Phi) is 7.90. The molecule has 7 nitrogen and oxygen atoms in total. The van der Waals surface area contributed by atoms with Crippen LogP contribution in [0.1, 0.15) is 18.1 Å². The molecular weight excluding hydrogens is 360 g/mol. The highest BCUT2D eigenvalue weighted by atomic mass is 16.5. The Morgan fingerprint density at radius 3 is 2.71 bits per heavy atom. The van der Waals surface area contributed by atoms with Crippen LogP contribution >= 0.6 is 0 Å². The first kappa shape index (κ1) is 20.8. The molecule has 0 aliphatic carbocycles. The number of carbonyl (C=O) groups excluding carboxylic acids is 1. The second-order valence-corrected chi connectivity index (χ2v) is 5.72. The summed E-state index contributed by atoms with van der Waals surface area (Å²) in [7, 11) is 1.54. The van der Waals surface area contributed by atoms with Crippen molar-refractivity contribution in [2.75, 3.05) is 20.3 Å². The molecule has 0 bridgehead atoms. The third kappa shape index (κ3) is 6.05. The molecule has 0 unspecified atom stereocenters. The number of carbonyl (C=O) groups is 1. The van der Waals surface area contributed by atoms with Crippen LogP contribution in [-0.4, -0.2) is 37.6 Å². The minimum Gasteiger partial charge on any atom is -0.504 e. The lowest BCUT2D eigenvalue weighted by Gasteiger charge is -2.11. The molecule has 0 aliphatic rings. The zero-order valence-corrected chi connectivity index (χ0v) is 16.0. The Morgan fingerprint density at radius 1 is 1.18 bits per heavy atom. The number of methoxy groups -OCH3 is 1. The van der Waals surface area contributed by atoms with Crippen molar-refractivity contribution in [3.63, 3.8) is 0 Å². The molecule has 2 rings (SSSR count). The molecular formula is C21H24N2O5. The molecule has 28 heavy (non-hydrogen) atoms. The number of rotatable bonds is 10. The molecule has 0 atom stereocenters. The van der Waals surface area contributed by atoms with E-state index < -0.39 is 5.91 Å². The summed E-state index contributed by atoms with van der Waals surface area (Å²) in [5.41, 5.74) is 4.09. The van der Waals surface area contributed by atoms with Crippen LogP contribution in [0.2, 0.25) is 0 Å². The van der Waals surface area contributed by atoms with Crippen LogP contribution in [0, 0.1) is 0 Å². The topological polar surface area (TPSA) is 89.4 Å². The van der Waals surface area contributed by atoms with E-state index in [1.54, 1.807) is 31.4 Å². The van der Waals surface area contributed by atoms with E-state index in [-0.39, 0.29) is 12.4 Å². The predicted molar refractivity (Wildman–Crippen MR) is 107 cm³/mol. The van der Waals surface area contributed by atoms with Crippen LogP contribution in [0.3, 0.4) is 0 Å². The average Bonchev–Trinajstić information content (AvgIpc) is 2.69. The van der Waals surface area contributed by atoms with E-state index in [2.05, 4.69) is 17.1 Å². The van der Waals surface area contributed by atoms with Gasteiger partial charge in [0, 0.05) is 0 Å². The van der Waals surface area contributed by atoms with Crippen molar-refractivity contribution in [1.82, 2.24) is 5.43 Å². The molecule has 1 amide bonds. The van der Waals surface area contributed by atoms with Crippen molar-refractivity contribution in [3.05, 3.63) is 60.2 Å². The normalized spacial score (nSPS) is 10.5. The maximum Gasteiger partial charge on any atom is 0.277 e. The fourth-order valence-electron chi connectivity index (χ4n) is 2.36. The van der Waals surface area contributed by atoms with Gasteiger partial charge in [0.2, 0.25) is 0 Å². The van der Waals surface area contributed by atoms with Gasteiger partial charge in [-0.2, -0.15) is 5.10 Å². The number of amides is 1. The summed E-state index contributed by atoms with van der Waals surface area (Å²) in [6.07, 6.45) is 3.96. The van der Waals surface area contributed by atoms with Gasteiger partial charge in [-0.15, -0.1) is 6.58 Å². The van der Waals surface area contributed by atoms with Crippen molar-refractivity contribution in [1.29, 1.82) is 0 Å². The van der Waals surface area contributed by atoms with Crippen LogP contribution in [0.15, 0.2) is 54.2 Å². The Balaban J connectivity index is 1.90. The lowest BCUT2D eigenvalue weighted by atomic mass is 10.1. The van der Waals surface area contributed by atoms with Gasteiger partial charge in [0.1, 0.15) is 0 Å². The first-order valence-corrected chi connectivity index (χ1v) is 8.75. The SMILES string of the molecule is C=CCc1ccc(OCC(=O)NN=Cc2ccc(O)c(OCC)c2)c(OC)c1. The number of ether oxygens (including phenoxy) is 3. The Hall–Kier alpha value is -3.48. The van der Waals surface area contributed by atoms with E-state index in [1.165, 1.54) is 12.3 Å². The first-order chi connectivity index (χ1) is 13.6. The summed E-state index contributed by atoms with van der Waals surface area (Å²) in [5, 5.41) is 13.6. The van der Waals surface area contributed by atoms with E-state index in [1.807, 2.05) is 19.1 Å². The quantitative estimate of drug-likeness (QED) is 0.373. The monoisotopic (exact) mass is 384 g/mol. The molecule has 0 radical (unpaired) electrons. The van der Waals surface area contributed by atoms with Crippen LogP contribution < -0.4 is 19.6 Å². The molecule has 0 saturated heterocycles. The van der Waals surface area contributed by atoms with Crippen LogP contribution in [0.4, 0.5) is 0 Å². The molecule has 7 heteroatoms. The van der Waals surface area contributed by atoms with Crippen LogP contribution in [0.5, 0.6) is 23.0 Å². The van der Waals surface area contributed by atoms with Crippen molar-refractivity contribution in [2.24, 2.45) is 5.10 Å². The third-order valence-electron chi connectivity index (χ3n) is 3.65. The minimum atomic E-state index is -0.419. The molecule has 0 fully saturated rings. The summed E-state index contributed by atoms with van der Waals surface area (Å²) in [4.78, 5) is 11.9. The van der Waals surface area contributed by atoms with Gasteiger partial charge >= 0.3 is 0 Å². The summed E-state index contributed by atoms with van der Waals surface area (Å²) >= 11 is 0. The second-order valence-electron chi connectivity index (χ2n) is 5.72. The number of allylic oxidation sites excluding steroid dienone is 1. The maximum absolute atomic E-state index is 11.9. The number of benzene rings is 2. The molecule has 0 aromatic heterocycles. The van der Waals surface area contributed by atoms with E-state index >= 15 is 0 Å². The van der Waals surface area contributed by atoms with E-state index in [4.69, 9.17) is 14.2 Å². The first-order valence-electron chi connectivity index (χ1n) is 8.75. The molecule has 0 saturated carbocycles. The highest BCUT2D eigenvalue weighted by molar-refractivity contribution is 5.83. The zero-order chi connectivity index (χ0) is 20.4. The van der Waals surface area contributed by atoms with Gasteiger partial charge in [0.05, 0.1) is 19.9 Å². The Labute approximate surface area is 164 Å². The van der Waals surface area contributed by atoms with Gasteiger partial charge in [0.15, 0.2) is 29.6 Å². The van der Waals surface area contributed by atoms with Gasteiger partial charge in [-0.25, -0.2) is 5.43 Å². The maximum atomic E-state index is 11.9. The molecule has 0 aliphatic heterocycles. The van der Waals surface area contributed by atoms with Gasteiger partial charge in [0.25, 0.3) is 5.91 Å². The number of hydrazone groups is 1. The smallest absolute Gasteiger partial charge is 0.277 e. The predicted octanol–water partition coefficient (Wildman–Crippen LogP) is 3.06. The van der Waals surface area contributed by atoms with Crippen molar-refractivity contribution < 1.29 is 24.1 Å². The van der Waals surface area contributed by atoms with Gasteiger partial charge in [-0.3, -0.25) is 4.79 Å². The lowest BCUT2D eigenvalue weighted by Crippen LogP contribution is -2.24. The summed E-state index contributed by atoms with van der Waals surface area (Å²) in [6, 6.07) is 10.3. The van der Waals surface area contributed by atoms with Crippen molar-refractivity contribution >= 4 is 12.1 Å². The number of nitrogens with one attached hydrogen (secondary N) is 1. The number of phenols is 1. The number of aromatic hydroxyl groups is 1. The average molecular weight is 384 g/mol. The molecule has 148 valence electrons. The molecule has 0 spiro atoms. The minimum absolute atomic E-state index is 0.0458. The largest absolute Gasteiger partial charge is 0.504 e. The van der Waals surface area contributed by atoms with Gasteiger partial charge < -0.3 is 19.3 Å². The highest BCUT2D eigenvalue weighted by Gasteiger charge is 2.08. The highest BCUT2D eigenvalue weighted by Crippen LogP contribution is 2.28. The summed E-state index contributed by atoms with van der Waals surface area (Å²) < 4.78 is 16.1. The number of hydrogen-bond acceptors (Lipinski definition) is 6. The summed E-state index contributed by atoms with van der Waals surface area (Å²) in [5.74, 6) is 0.993. The van der Waals surface area contributed by atoms with E-state index in [9.17, 15) is 9.90 Å². The number of nitrogens with zero attached hydrogens (tertiary/aromatic N) is 1. The number of hydrogen-bond donors (Lipinski definition) is 2. The number of phenolic OH excluding ortho intramolecular Hbond substituents is 1. The fraction of sp³-hybridized carbons (Fsp3) is 0.238. The molecule has 2 aromatic rings. The van der Waals surface area contributed by atoms with Crippen LogP contribution in [-0.2, 0) is 11.2 Å². The van der Waals surface area contributed by atoms with Crippen LogP contribution in [0.25, 0.3) is 0 Å². The Bertz CT molecular complexity index is 849. The molecule has 0 heterocycles. The van der Waals surface area contributed by atoms with E-state index in [0.717, 1.165) is 5.56 Å². The summed E-state index contributed by atoms with van der Waals surface area (Å²) in [6.45, 7) is 5.74. The third-order valence-corrected chi connectivity index (χ3v) is 3.65. The lowest BCUT2D eigenvalue weighted by molar-refractivity contribution is -0.123. The van der Waals surface area contributed by atoms with Crippen molar-refractivity contribution in [2.45, 2.75) is 13.3 Å².